The van der Waals surface area contributed by atoms with E-state index >= 15 is 0 Å². The minimum atomic E-state index is -0.654. The molecule has 0 aliphatic heterocycles. The van der Waals surface area contributed by atoms with Crippen LogP contribution in [-0.2, 0) is 23.9 Å². The number of hydrogen-bond donors (Lipinski definition) is 1. The van der Waals surface area contributed by atoms with Crippen LogP contribution >= 0.6 is 0 Å². The lowest BCUT2D eigenvalue weighted by atomic mass is 10.5. The Hall–Kier alpha value is -1.85. The standard InChI is InChI=1S/C10H15NO5/c1-3-15-9(13)4-5-10(14)16-7-6-11-8(2)12/h4-5H,3,6-7H2,1-2H3,(H,11,12)/b5-4+. The fourth-order valence-corrected chi connectivity index (χ4v) is 0.753. The van der Waals surface area contributed by atoms with Gasteiger partial charge in [0.25, 0.3) is 0 Å². The molecule has 0 atom stereocenters. The number of ether oxygens (including phenoxy) is 2. The summed E-state index contributed by atoms with van der Waals surface area (Å²) < 4.78 is 9.23. The van der Waals surface area contributed by atoms with E-state index in [-0.39, 0.29) is 25.7 Å². The second-order valence-electron chi connectivity index (χ2n) is 2.74. The molecule has 6 nitrogen and oxygen atoms in total. The summed E-state index contributed by atoms with van der Waals surface area (Å²) >= 11 is 0. The van der Waals surface area contributed by atoms with Gasteiger partial charge in [-0.3, -0.25) is 4.79 Å². The van der Waals surface area contributed by atoms with Gasteiger partial charge < -0.3 is 14.8 Å². The Morgan fingerprint density at radius 2 is 1.69 bits per heavy atom. The molecule has 0 radical (unpaired) electrons. The Kier molecular flexibility index (Phi) is 7.48. The first-order chi connectivity index (χ1) is 7.56. The fourth-order valence-electron chi connectivity index (χ4n) is 0.753. The third-order valence-corrected chi connectivity index (χ3v) is 1.36. The van der Waals surface area contributed by atoms with E-state index in [4.69, 9.17) is 0 Å². The molecule has 0 heterocycles. The quantitative estimate of drug-likeness (QED) is 0.387. The van der Waals surface area contributed by atoms with E-state index in [9.17, 15) is 14.4 Å². The fraction of sp³-hybridized carbons (Fsp3) is 0.500. The van der Waals surface area contributed by atoms with Gasteiger partial charge in [-0.25, -0.2) is 9.59 Å². The summed E-state index contributed by atoms with van der Waals surface area (Å²) in [6, 6.07) is 0. The van der Waals surface area contributed by atoms with Crippen molar-refractivity contribution in [3.63, 3.8) is 0 Å². The minimum Gasteiger partial charge on any atom is -0.463 e. The highest BCUT2D eigenvalue weighted by molar-refractivity contribution is 5.91. The maximum absolute atomic E-state index is 11.0. The lowest BCUT2D eigenvalue weighted by Crippen LogP contribution is -2.25. The van der Waals surface area contributed by atoms with Crippen LogP contribution in [0.2, 0.25) is 0 Å². The maximum atomic E-state index is 11.0. The Bertz CT molecular complexity index is 285. The molecule has 1 amide bonds. The van der Waals surface area contributed by atoms with Gasteiger partial charge in [-0.1, -0.05) is 0 Å². The van der Waals surface area contributed by atoms with Crippen LogP contribution in [0.4, 0.5) is 0 Å². The van der Waals surface area contributed by atoms with Gasteiger partial charge >= 0.3 is 11.9 Å². The Labute approximate surface area is 93.6 Å². The van der Waals surface area contributed by atoms with Crippen molar-refractivity contribution in [2.45, 2.75) is 13.8 Å². The number of esters is 2. The van der Waals surface area contributed by atoms with Crippen LogP contribution in [0.25, 0.3) is 0 Å². The van der Waals surface area contributed by atoms with Gasteiger partial charge in [-0.15, -0.1) is 0 Å². The highest BCUT2D eigenvalue weighted by Crippen LogP contribution is 1.85. The van der Waals surface area contributed by atoms with Crippen LogP contribution in [0, 0.1) is 0 Å². The highest BCUT2D eigenvalue weighted by atomic mass is 16.5. The van der Waals surface area contributed by atoms with Crippen molar-refractivity contribution in [3.05, 3.63) is 12.2 Å². The van der Waals surface area contributed by atoms with Crippen molar-refractivity contribution in [2.75, 3.05) is 19.8 Å². The summed E-state index contributed by atoms with van der Waals surface area (Å²) in [5.74, 6) is -1.45. The first kappa shape index (κ1) is 14.2. The van der Waals surface area contributed by atoms with Gasteiger partial charge in [0, 0.05) is 19.1 Å². The van der Waals surface area contributed by atoms with Crippen LogP contribution < -0.4 is 5.32 Å². The van der Waals surface area contributed by atoms with Crippen molar-refractivity contribution in [2.24, 2.45) is 0 Å². The molecule has 1 N–H and O–H groups in total. The van der Waals surface area contributed by atoms with Gasteiger partial charge in [0.15, 0.2) is 0 Å². The summed E-state index contributed by atoms with van der Waals surface area (Å²) in [4.78, 5) is 32.2. The van der Waals surface area contributed by atoms with E-state index in [1.807, 2.05) is 0 Å². The first-order valence-corrected chi connectivity index (χ1v) is 4.82. The van der Waals surface area contributed by atoms with Crippen molar-refractivity contribution < 1.29 is 23.9 Å². The molecule has 0 aliphatic carbocycles. The van der Waals surface area contributed by atoms with E-state index in [2.05, 4.69) is 14.8 Å². The molecule has 0 saturated heterocycles. The Morgan fingerprint density at radius 3 is 2.19 bits per heavy atom. The first-order valence-electron chi connectivity index (χ1n) is 4.82. The largest absolute Gasteiger partial charge is 0.463 e. The molecule has 0 saturated carbocycles. The molecule has 0 unspecified atom stereocenters. The molecular formula is C10H15NO5. The smallest absolute Gasteiger partial charge is 0.331 e. The van der Waals surface area contributed by atoms with E-state index < -0.39 is 11.9 Å². The number of carbonyl (C=O) groups excluding carboxylic acids is 3. The van der Waals surface area contributed by atoms with Gasteiger partial charge in [0.2, 0.25) is 5.91 Å². The molecule has 0 spiro atoms. The molecule has 0 fully saturated rings. The molecular weight excluding hydrogens is 214 g/mol. The highest BCUT2D eigenvalue weighted by Gasteiger charge is 1.99. The molecule has 0 bridgehead atoms. The lowest BCUT2D eigenvalue weighted by molar-refractivity contribution is -0.140. The predicted molar refractivity (Wildman–Crippen MR) is 55.4 cm³/mol. The second-order valence-corrected chi connectivity index (χ2v) is 2.74. The van der Waals surface area contributed by atoms with E-state index in [0.29, 0.717) is 0 Å². The summed E-state index contributed by atoms with van der Waals surface area (Å²) in [5, 5.41) is 2.45. The Balaban J connectivity index is 3.65. The average molecular weight is 229 g/mol. The lowest BCUT2D eigenvalue weighted by Gasteiger charge is -2.02. The number of hydrogen-bond acceptors (Lipinski definition) is 5. The van der Waals surface area contributed by atoms with Crippen molar-refractivity contribution in [1.82, 2.24) is 5.32 Å². The SMILES string of the molecule is CCOC(=O)/C=C/C(=O)OCCNC(C)=O. The summed E-state index contributed by atoms with van der Waals surface area (Å²) in [6.07, 6.45) is 1.97. The molecule has 0 rings (SSSR count). The monoisotopic (exact) mass is 229 g/mol. The van der Waals surface area contributed by atoms with Crippen LogP contribution in [-0.4, -0.2) is 37.6 Å². The third-order valence-electron chi connectivity index (χ3n) is 1.36. The normalized spacial score (nSPS) is 9.88. The van der Waals surface area contributed by atoms with Gasteiger partial charge in [0.1, 0.15) is 6.61 Å². The van der Waals surface area contributed by atoms with Crippen molar-refractivity contribution in [3.8, 4) is 0 Å². The number of amides is 1. The molecule has 90 valence electrons. The van der Waals surface area contributed by atoms with Crippen molar-refractivity contribution >= 4 is 17.8 Å². The minimum absolute atomic E-state index is 0.0611. The van der Waals surface area contributed by atoms with Crippen molar-refractivity contribution in [1.29, 1.82) is 0 Å². The third kappa shape index (κ3) is 8.74. The molecule has 0 aromatic carbocycles. The van der Waals surface area contributed by atoms with Crippen LogP contribution in [0.1, 0.15) is 13.8 Å². The summed E-state index contributed by atoms with van der Waals surface area (Å²) in [6.45, 7) is 3.58. The number of nitrogens with one attached hydrogen (secondary N) is 1. The van der Waals surface area contributed by atoms with E-state index in [1.54, 1.807) is 6.92 Å². The van der Waals surface area contributed by atoms with Crippen LogP contribution in [0.15, 0.2) is 12.2 Å². The zero-order chi connectivity index (χ0) is 12.4. The zero-order valence-corrected chi connectivity index (χ0v) is 9.32. The van der Waals surface area contributed by atoms with E-state index in [1.165, 1.54) is 6.92 Å². The molecule has 0 aliphatic rings. The number of carbonyl (C=O) groups is 3. The van der Waals surface area contributed by atoms with Gasteiger partial charge in [-0.2, -0.15) is 0 Å². The summed E-state index contributed by atoms with van der Waals surface area (Å²) in [5.41, 5.74) is 0. The predicted octanol–water partition coefficient (Wildman–Crippen LogP) is -0.215. The van der Waals surface area contributed by atoms with Crippen LogP contribution in [0.5, 0.6) is 0 Å². The number of rotatable bonds is 6. The zero-order valence-electron chi connectivity index (χ0n) is 9.32. The maximum Gasteiger partial charge on any atom is 0.331 e. The van der Waals surface area contributed by atoms with E-state index in [0.717, 1.165) is 12.2 Å². The molecule has 6 heteroatoms. The van der Waals surface area contributed by atoms with Gasteiger partial charge in [0.05, 0.1) is 13.2 Å². The molecule has 16 heavy (non-hydrogen) atoms. The Morgan fingerprint density at radius 1 is 1.12 bits per heavy atom. The van der Waals surface area contributed by atoms with Gasteiger partial charge in [-0.05, 0) is 6.92 Å². The average Bonchev–Trinajstić information content (AvgIpc) is 2.22. The second kappa shape index (κ2) is 8.46. The molecule has 0 aromatic heterocycles. The topological polar surface area (TPSA) is 81.7 Å². The summed E-state index contributed by atoms with van der Waals surface area (Å²) in [7, 11) is 0. The molecule has 0 aromatic rings. The van der Waals surface area contributed by atoms with Crippen LogP contribution in [0.3, 0.4) is 0 Å².